The Balaban J connectivity index is 1.76. The Hall–Kier alpha value is -1.86. The van der Waals surface area contributed by atoms with Gasteiger partial charge in [-0.2, -0.15) is 0 Å². The molecule has 7 heteroatoms. The van der Waals surface area contributed by atoms with Crippen molar-refractivity contribution in [3.05, 3.63) is 46.2 Å². The number of halogens is 1. The topological polar surface area (TPSA) is 58.1 Å². The quantitative estimate of drug-likeness (QED) is 0.883. The molecule has 2 aromatic rings. The molecule has 21 heavy (non-hydrogen) atoms. The van der Waals surface area contributed by atoms with Crippen LogP contribution < -0.4 is 5.32 Å². The molecule has 0 bridgehead atoms. The van der Waals surface area contributed by atoms with Crippen LogP contribution in [0.1, 0.15) is 16.1 Å². The van der Waals surface area contributed by atoms with Crippen molar-refractivity contribution >= 4 is 17.4 Å². The summed E-state index contributed by atoms with van der Waals surface area (Å²) in [7, 11) is 1.85. The van der Waals surface area contributed by atoms with Gasteiger partial charge in [0.05, 0.1) is 23.7 Å². The van der Waals surface area contributed by atoms with Crippen molar-refractivity contribution in [3.63, 3.8) is 0 Å². The van der Waals surface area contributed by atoms with Crippen LogP contribution in [0.4, 0.5) is 4.39 Å². The third-order valence-corrected chi connectivity index (χ3v) is 3.79. The lowest BCUT2D eigenvalue weighted by atomic mass is 10.2. The maximum atomic E-state index is 12.8. The highest BCUT2D eigenvalue weighted by atomic mass is 32.1. The SMILES string of the molecule is Cc1nnsc1CNC(=O)CN(C)Cc1ccc(F)cc1. The van der Waals surface area contributed by atoms with Gasteiger partial charge < -0.3 is 5.32 Å². The number of aromatic nitrogens is 2. The highest BCUT2D eigenvalue weighted by Crippen LogP contribution is 2.08. The molecule has 0 aliphatic carbocycles. The smallest absolute Gasteiger partial charge is 0.234 e. The largest absolute Gasteiger partial charge is 0.350 e. The highest BCUT2D eigenvalue weighted by Gasteiger charge is 2.09. The predicted molar refractivity (Wildman–Crippen MR) is 79.2 cm³/mol. The molecule has 0 saturated carbocycles. The fourth-order valence-electron chi connectivity index (χ4n) is 1.85. The number of nitrogens with zero attached hydrogens (tertiary/aromatic N) is 3. The van der Waals surface area contributed by atoms with Gasteiger partial charge in [-0.25, -0.2) is 4.39 Å². The van der Waals surface area contributed by atoms with Crippen LogP contribution in [-0.4, -0.2) is 34.0 Å². The third-order valence-electron chi connectivity index (χ3n) is 2.97. The fraction of sp³-hybridized carbons (Fsp3) is 0.357. The van der Waals surface area contributed by atoms with E-state index in [2.05, 4.69) is 14.9 Å². The number of aryl methyl sites for hydroxylation is 1. The number of hydrogen-bond acceptors (Lipinski definition) is 5. The Morgan fingerprint density at radius 3 is 2.71 bits per heavy atom. The number of likely N-dealkylation sites (N-methyl/N-ethyl adjacent to an activating group) is 1. The fourth-order valence-corrected chi connectivity index (χ4v) is 2.42. The van der Waals surface area contributed by atoms with E-state index in [4.69, 9.17) is 0 Å². The van der Waals surface area contributed by atoms with Gasteiger partial charge in [0.2, 0.25) is 5.91 Å². The molecule has 1 aromatic carbocycles. The van der Waals surface area contributed by atoms with Gasteiger partial charge in [0.25, 0.3) is 0 Å². The summed E-state index contributed by atoms with van der Waals surface area (Å²) >= 11 is 1.29. The molecule has 0 aliphatic rings. The Labute approximate surface area is 127 Å². The Kier molecular flexibility index (Phi) is 5.35. The second kappa shape index (κ2) is 7.24. The van der Waals surface area contributed by atoms with E-state index in [0.717, 1.165) is 16.1 Å². The second-order valence-electron chi connectivity index (χ2n) is 4.86. The van der Waals surface area contributed by atoms with E-state index in [1.165, 1.54) is 23.7 Å². The van der Waals surface area contributed by atoms with Crippen molar-refractivity contribution in [2.75, 3.05) is 13.6 Å². The van der Waals surface area contributed by atoms with Crippen LogP contribution in [0.2, 0.25) is 0 Å². The molecule has 5 nitrogen and oxygen atoms in total. The summed E-state index contributed by atoms with van der Waals surface area (Å²) in [6, 6.07) is 6.28. The number of amides is 1. The molecule has 0 spiro atoms. The predicted octanol–water partition coefficient (Wildman–Crippen LogP) is 1.73. The lowest BCUT2D eigenvalue weighted by molar-refractivity contribution is -0.122. The molecule has 0 saturated heterocycles. The molecule has 1 N–H and O–H groups in total. The number of carbonyl (C=O) groups excluding carboxylic acids is 1. The molecule has 1 aromatic heterocycles. The van der Waals surface area contributed by atoms with Crippen LogP contribution in [-0.2, 0) is 17.9 Å². The number of rotatable bonds is 6. The maximum absolute atomic E-state index is 12.8. The number of benzene rings is 1. The standard InChI is InChI=1S/C14H17FN4OS/c1-10-13(21-18-17-10)7-16-14(20)9-19(2)8-11-3-5-12(15)6-4-11/h3-6H,7-9H2,1-2H3,(H,16,20). The molecule has 0 aliphatic heterocycles. The van der Waals surface area contributed by atoms with E-state index in [0.29, 0.717) is 13.1 Å². The minimum absolute atomic E-state index is 0.0626. The second-order valence-corrected chi connectivity index (χ2v) is 5.70. The van der Waals surface area contributed by atoms with E-state index < -0.39 is 0 Å². The van der Waals surface area contributed by atoms with Crippen LogP contribution >= 0.6 is 11.5 Å². The van der Waals surface area contributed by atoms with Gasteiger partial charge in [0, 0.05) is 6.54 Å². The molecule has 112 valence electrons. The van der Waals surface area contributed by atoms with E-state index in [1.54, 1.807) is 12.1 Å². The minimum atomic E-state index is -0.257. The number of nitrogens with one attached hydrogen (secondary N) is 1. The molecule has 2 rings (SSSR count). The summed E-state index contributed by atoms with van der Waals surface area (Å²) in [5.74, 6) is -0.319. The van der Waals surface area contributed by atoms with Crippen molar-refractivity contribution in [1.29, 1.82) is 0 Å². The summed E-state index contributed by atoms with van der Waals surface area (Å²) < 4.78 is 16.6. The van der Waals surface area contributed by atoms with Gasteiger partial charge in [-0.3, -0.25) is 9.69 Å². The van der Waals surface area contributed by atoms with Crippen molar-refractivity contribution in [2.24, 2.45) is 0 Å². The van der Waals surface area contributed by atoms with Gasteiger partial charge in [0.1, 0.15) is 5.82 Å². The van der Waals surface area contributed by atoms with Crippen molar-refractivity contribution < 1.29 is 9.18 Å². The van der Waals surface area contributed by atoms with Gasteiger partial charge in [0.15, 0.2) is 0 Å². The van der Waals surface area contributed by atoms with Crippen LogP contribution in [0.25, 0.3) is 0 Å². The zero-order valence-corrected chi connectivity index (χ0v) is 12.8. The molecular formula is C14H17FN4OS. The molecule has 0 fully saturated rings. The summed E-state index contributed by atoms with van der Waals surface area (Å²) in [5.41, 5.74) is 1.81. The van der Waals surface area contributed by atoms with E-state index in [-0.39, 0.29) is 18.3 Å². The van der Waals surface area contributed by atoms with Gasteiger partial charge in [-0.05, 0) is 43.2 Å². The Morgan fingerprint density at radius 2 is 2.10 bits per heavy atom. The summed E-state index contributed by atoms with van der Waals surface area (Å²) in [6.45, 7) is 3.19. The van der Waals surface area contributed by atoms with Crippen molar-refractivity contribution in [2.45, 2.75) is 20.0 Å². The third kappa shape index (κ3) is 4.87. The lowest BCUT2D eigenvalue weighted by Crippen LogP contribution is -2.34. The van der Waals surface area contributed by atoms with Crippen LogP contribution in [0, 0.1) is 12.7 Å². The summed E-state index contributed by atoms with van der Waals surface area (Å²) in [6.07, 6.45) is 0. The normalized spacial score (nSPS) is 10.9. The van der Waals surface area contributed by atoms with E-state index in [9.17, 15) is 9.18 Å². The Morgan fingerprint density at radius 1 is 1.38 bits per heavy atom. The van der Waals surface area contributed by atoms with Crippen LogP contribution in [0.3, 0.4) is 0 Å². The highest BCUT2D eigenvalue weighted by molar-refractivity contribution is 7.05. The van der Waals surface area contributed by atoms with Crippen molar-refractivity contribution in [1.82, 2.24) is 19.8 Å². The molecule has 1 amide bonds. The van der Waals surface area contributed by atoms with E-state index >= 15 is 0 Å². The van der Waals surface area contributed by atoms with Crippen LogP contribution in [0.5, 0.6) is 0 Å². The van der Waals surface area contributed by atoms with Gasteiger partial charge in [-0.1, -0.05) is 16.6 Å². The Bertz CT molecular complexity index is 599. The average molecular weight is 308 g/mol. The zero-order chi connectivity index (χ0) is 15.2. The molecule has 1 heterocycles. The van der Waals surface area contributed by atoms with Crippen molar-refractivity contribution in [3.8, 4) is 0 Å². The minimum Gasteiger partial charge on any atom is -0.350 e. The molecule has 0 atom stereocenters. The summed E-state index contributed by atoms with van der Waals surface area (Å²) in [4.78, 5) is 14.7. The monoisotopic (exact) mass is 308 g/mol. The first-order valence-electron chi connectivity index (χ1n) is 6.52. The molecule has 0 unspecified atom stereocenters. The van der Waals surface area contributed by atoms with E-state index in [1.807, 2.05) is 18.9 Å². The number of hydrogen-bond donors (Lipinski definition) is 1. The molecule has 0 radical (unpaired) electrons. The lowest BCUT2D eigenvalue weighted by Gasteiger charge is -2.16. The zero-order valence-electron chi connectivity index (χ0n) is 12.0. The van der Waals surface area contributed by atoms with Crippen LogP contribution in [0.15, 0.2) is 24.3 Å². The first-order chi connectivity index (χ1) is 10.0. The van der Waals surface area contributed by atoms with Gasteiger partial charge >= 0.3 is 0 Å². The first kappa shape index (κ1) is 15.5. The average Bonchev–Trinajstić information content (AvgIpc) is 2.84. The summed E-state index contributed by atoms with van der Waals surface area (Å²) in [5, 5.41) is 6.74. The maximum Gasteiger partial charge on any atom is 0.234 e. The number of carbonyl (C=O) groups is 1. The molecular weight excluding hydrogens is 291 g/mol. The first-order valence-corrected chi connectivity index (χ1v) is 7.29. The van der Waals surface area contributed by atoms with Gasteiger partial charge in [-0.15, -0.1) is 5.10 Å².